The third-order valence-electron chi connectivity index (χ3n) is 1.84. The van der Waals surface area contributed by atoms with Crippen molar-refractivity contribution in [3.05, 3.63) is 0 Å². The molecule has 0 aromatic rings. The fraction of sp³-hybridized carbons (Fsp3) is 0.714. The zero-order valence-electron chi connectivity index (χ0n) is 7.41. The lowest BCUT2D eigenvalue weighted by Crippen LogP contribution is -2.55. The predicted octanol–water partition coefficient (Wildman–Crippen LogP) is -2.89. The fourth-order valence-electron chi connectivity index (χ4n) is 0.767. The maximum atomic E-state index is 10.8. The summed E-state index contributed by atoms with van der Waals surface area (Å²) in [5, 5.41) is 43.9. The van der Waals surface area contributed by atoms with E-state index in [2.05, 4.69) is 0 Å². The summed E-state index contributed by atoms with van der Waals surface area (Å²) >= 11 is 0. The Kier molecular flexibility index (Phi) is 4.14. The average Bonchev–Trinajstić information content (AvgIpc) is 2.13. The van der Waals surface area contributed by atoms with Crippen LogP contribution in [0.1, 0.15) is 6.92 Å². The largest absolute Gasteiger partial charge is 0.479 e. The summed E-state index contributed by atoms with van der Waals surface area (Å²) in [4.78, 5) is 21.0. The number of aliphatic hydroxyl groups is 4. The summed E-state index contributed by atoms with van der Waals surface area (Å²) in [6, 6.07) is 0. The summed E-state index contributed by atoms with van der Waals surface area (Å²) in [6.45, 7) is -0.251. The van der Waals surface area contributed by atoms with E-state index in [0.717, 1.165) is 6.92 Å². The van der Waals surface area contributed by atoms with Gasteiger partial charge in [-0.25, -0.2) is 4.79 Å². The number of aliphatic hydroxyl groups excluding tert-OH is 3. The molecule has 0 aliphatic heterocycles. The molecule has 0 amide bonds. The van der Waals surface area contributed by atoms with Crippen LogP contribution in [0.25, 0.3) is 0 Å². The maximum Gasteiger partial charge on any atom is 0.335 e. The molecule has 14 heavy (non-hydrogen) atoms. The van der Waals surface area contributed by atoms with Crippen LogP contribution in [0, 0.1) is 0 Å². The first-order chi connectivity index (χ1) is 6.25. The molecule has 0 aliphatic carbocycles. The van der Waals surface area contributed by atoms with Crippen LogP contribution in [-0.4, -0.2) is 61.7 Å². The van der Waals surface area contributed by atoms with E-state index >= 15 is 0 Å². The van der Waals surface area contributed by atoms with Crippen LogP contribution in [0.5, 0.6) is 0 Å². The number of carbonyl (C=O) groups is 2. The van der Waals surface area contributed by atoms with E-state index in [-0.39, 0.29) is 0 Å². The van der Waals surface area contributed by atoms with Gasteiger partial charge in [-0.05, 0) is 6.92 Å². The van der Waals surface area contributed by atoms with Crippen molar-refractivity contribution in [2.75, 3.05) is 6.61 Å². The lowest BCUT2D eigenvalue weighted by Gasteiger charge is -2.28. The standard InChI is InChI=1S/C7H12O7/c1-7(14,3(9)2-8)5(11)4(10)6(12)13/h4-5,8,10-11,14H,2H2,1H3,(H,12,13)/t4-,5+,7+/m0/s1. The van der Waals surface area contributed by atoms with Crippen molar-refractivity contribution in [1.29, 1.82) is 0 Å². The molecule has 0 aromatic heterocycles. The van der Waals surface area contributed by atoms with Crippen molar-refractivity contribution in [3.63, 3.8) is 0 Å². The Bertz CT molecular complexity index is 234. The minimum atomic E-state index is -2.49. The van der Waals surface area contributed by atoms with Gasteiger partial charge in [0, 0.05) is 0 Å². The molecule has 3 atom stereocenters. The Morgan fingerprint density at radius 3 is 2.07 bits per heavy atom. The average molecular weight is 208 g/mol. The summed E-state index contributed by atoms with van der Waals surface area (Å²) < 4.78 is 0. The van der Waals surface area contributed by atoms with Gasteiger partial charge in [0.2, 0.25) is 0 Å². The van der Waals surface area contributed by atoms with Crippen LogP contribution < -0.4 is 0 Å². The molecule has 7 heteroatoms. The van der Waals surface area contributed by atoms with Gasteiger partial charge < -0.3 is 25.5 Å². The second kappa shape index (κ2) is 4.47. The molecule has 0 saturated heterocycles. The molecule has 82 valence electrons. The summed E-state index contributed by atoms with van der Waals surface area (Å²) in [5.41, 5.74) is -2.49. The van der Waals surface area contributed by atoms with Crippen LogP contribution in [0.3, 0.4) is 0 Å². The van der Waals surface area contributed by atoms with Crippen molar-refractivity contribution in [3.8, 4) is 0 Å². The summed E-state index contributed by atoms with van der Waals surface area (Å²) in [7, 11) is 0. The van der Waals surface area contributed by atoms with E-state index in [9.17, 15) is 14.7 Å². The van der Waals surface area contributed by atoms with Gasteiger partial charge >= 0.3 is 5.97 Å². The van der Waals surface area contributed by atoms with E-state index in [0.29, 0.717) is 0 Å². The van der Waals surface area contributed by atoms with E-state index in [1.54, 1.807) is 0 Å². The molecule has 0 radical (unpaired) electrons. The van der Waals surface area contributed by atoms with Gasteiger partial charge in [0.25, 0.3) is 0 Å². The third-order valence-corrected chi connectivity index (χ3v) is 1.84. The van der Waals surface area contributed by atoms with Gasteiger partial charge in [0.15, 0.2) is 17.5 Å². The molecule has 0 bridgehead atoms. The molecular weight excluding hydrogens is 196 g/mol. The Labute approximate surface area is 79.2 Å². The van der Waals surface area contributed by atoms with Crippen molar-refractivity contribution in [2.45, 2.75) is 24.7 Å². The van der Waals surface area contributed by atoms with Gasteiger partial charge in [-0.3, -0.25) is 4.79 Å². The zero-order chi connectivity index (χ0) is 11.5. The number of rotatable bonds is 5. The summed E-state index contributed by atoms with van der Waals surface area (Å²) in [6.07, 6.45) is -4.49. The molecule has 0 spiro atoms. The monoisotopic (exact) mass is 208 g/mol. The molecule has 0 unspecified atom stereocenters. The van der Waals surface area contributed by atoms with Crippen molar-refractivity contribution >= 4 is 11.8 Å². The highest BCUT2D eigenvalue weighted by Gasteiger charge is 2.44. The number of carboxylic acid groups (broad SMARTS) is 1. The Hall–Kier alpha value is -1.02. The fourth-order valence-corrected chi connectivity index (χ4v) is 0.767. The SMILES string of the molecule is C[C@@](O)(C(=O)CO)[C@H](O)[C@H](O)C(=O)O. The van der Waals surface area contributed by atoms with Crippen LogP contribution in [0.4, 0.5) is 0 Å². The number of carboxylic acids is 1. The second-order valence-electron chi connectivity index (χ2n) is 2.96. The smallest absolute Gasteiger partial charge is 0.335 e. The van der Waals surface area contributed by atoms with E-state index in [4.69, 9.17) is 20.4 Å². The highest BCUT2D eigenvalue weighted by Crippen LogP contribution is 2.14. The number of Topliss-reactive ketones (excluding diaryl/α,β-unsaturated/α-hetero) is 1. The number of hydrogen-bond donors (Lipinski definition) is 5. The van der Waals surface area contributed by atoms with E-state index in [1.165, 1.54) is 0 Å². The quantitative estimate of drug-likeness (QED) is 0.327. The van der Waals surface area contributed by atoms with Crippen LogP contribution in [0.2, 0.25) is 0 Å². The minimum absolute atomic E-state index is 0.808. The highest BCUT2D eigenvalue weighted by atomic mass is 16.4. The molecule has 5 N–H and O–H groups in total. The molecule has 0 fully saturated rings. The van der Waals surface area contributed by atoms with Crippen LogP contribution in [0.15, 0.2) is 0 Å². The summed E-state index contributed by atoms with van der Waals surface area (Å²) in [5.74, 6) is -2.95. The molecular formula is C7H12O7. The van der Waals surface area contributed by atoms with Gasteiger partial charge in [0.1, 0.15) is 12.7 Å². The molecule has 0 aromatic carbocycles. The van der Waals surface area contributed by atoms with Crippen molar-refractivity contribution in [2.24, 2.45) is 0 Å². The van der Waals surface area contributed by atoms with Crippen molar-refractivity contribution < 1.29 is 35.1 Å². The first-order valence-corrected chi connectivity index (χ1v) is 3.70. The lowest BCUT2D eigenvalue weighted by molar-refractivity contribution is -0.174. The predicted molar refractivity (Wildman–Crippen MR) is 42.4 cm³/mol. The zero-order valence-corrected chi connectivity index (χ0v) is 7.41. The number of hydrogen-bond acceptors (Lipinski definition) is 6. The topological polar surface area (TPSA) is 135 Å². The minimum Gasteiger partial charge on any atom is -0.479 e. The van der Waals surface area contributed by atoms with Crippen molar-refractivity contribution in [1.82, 2.24) is 0 Å². The van der Waals surface area contributed by atoms with E-state index < -0.39 is 36.2 Å². The Morgan fingerprint density at radius 1 is 1.36 bits per heavy atom. The lowest BCUT2D eigenvalue weighted by atomic mass is 9.90. The molecule has 0 rings (SSSR count). The molecule has 0 heterocycles. The molecule has 0 saturated carbocycles. The first kappa shape index (κ1) is 13.0. The Balaban J connectivity index is 4.73. The number of aliphatic carboxylic acids is 1. The van der Waals surface area contributed by atoms with Gasteiger partial charge in [-0.15, -0.1) is 0 Å². The van der Waals surface area contributed by atoms with Gasteiger partial charge in [0.05, 0.1) is 0 Å². The number of carbonyl (C=O) groups excluding carboxylic acids is 1. The van der Waals surface area contributed by atoms with Crippen LogP contribution >= 0.6 is 0 Å². The molecule has 7 nitrogen and oxygen atoms in total. The Morgan fingerprint density at radius 2 is 1.79 bits per heavy atom. The highest BCUT2D eigenvalue weighted by molar-refractivity contribution is 5.89. The van der Waals surface area contributed by atoms with E-state index in [1.807, 2.05) is 0 Å². The third kappa shape index (κ3) is 2.48. The second-order valence-corrected chi connectivity index (χ2v) is 2.96. The van der Waals surface area contributed by atoms with Gasteiger partial charge in [-0.1, -0.05) is 0 Å². The molecule has 0 aliphatic rings. The van der Waals surface area contributed by atoms with Crippen LogP contribution in [-0.2, 0) is 9.59 Å². The normalized spacial score (nSPS) is 19.5. The van der Waals surface area contributed by atoms with Gasteiger partial charge in [-0.2, -0.15) is 0 Å². The number of ketones is 1. The maximum absolute atomic E-state index is 10.8. The first-order valence-electron chi connectivity index (χ1n) is 3.70.